The molecule has 0 spiro atoms. The third-order valence-electron chi connectivity index (χ3n) is 2.69. The van der Waals surface area contributed by atoms with Crippen molar-refractivity contribution in [3.8, 4) is 0 Å². The van der Waals surface area contributed by atoms with Gasteiger partial charge in [0.2, 0.25) is 0 Å². The number of benzene rings is 2. The van der Waals surface area contributed by atoms with Crippen molar-refractivity contribution in [1.29, 1.82) is 0 Å². The maximum atomic E-state index is 13.0. The molecule has 4 nitrogen and oxygen atoms in total. The first-order valence-corrected chi connectivity index (χ1v) is 5.95. The normalized spacial score (nSPS) is 10.0. The molecule has 0 fully saturated rings. The second-order valence-corrected chi connectivity index (χ2v) is 4.18. The summed E-state index contributed by atoms with van der Waals surface area (Å²) >= 11 is 0. The number of rotatable bonds is 3. The van der Waals surface area contributed by atoms with E-state index in [2.05, 4.69) is 10.1 Å². The first kappa shape index (κ1) is 14.6. The van der Waals surface area contributed by atoms with E-state index in [1.165, 1.54) is 31.4 Å². The molecule has 0 aliphatic rings. The van der Waals surface area contributed by atoms with E-state index in [1.54, 1.807) is 0 Å². The number of ether oxygens (including phenoxy) is 1. The maximum absolute atomic E-state index is 13.0. The third-order valence-corrected chi connectivity index (χ3v) is 2.69. The highest BCUT2D eigenvalue weighted by atomic mass is 19.1. The van der Waals surface area contributed by atoms with Crippen LogP contribution in [-0.2, 0) is 4.74 Å². The number of nitrogens with one attached hydrogen (secondary N) is 1. The highest BCUT2D eigenvalue weighted by Gasteiger charge is 2.10. The lowest BCUT2D eigenvalue weighted by molar-refractivity contribution is 0.0600. The van der Waals surface area contributed by atoms with Crippen LogP contribution in [0.4, 0.5) is 14.5 Å². The number of hydrogen-bond donors (Lipinski definition) is 1. The van der Waals surface area contributed by atoms with E-state index in [-0.39, 0.29) is 5.56 Å². The molecular weight excluding hydrogens is 280 g/mol. The number of hydrogen-bond acceptors (Lipinski definition) is 3. The molecule has 1 N–H and O–H groups in total. The van der Waals surface area contributed by atoms with Crippen LogP contribution in [0.3, 0.4) is 0 Å². The molecule has 2 rings (SSSR count). The van der Waals surface area contributed by atoms with E-state index >= 15 is 0 Å². The van der Waals surface area contributed by atoms with E-state index in [4.69, 9.17) is 0 Å². The Kier molecular flexibility index (Phi) is 4.27. The van der Waals surface area contributed by atoms with Crippen molar-refractivity contribution in [2.24, 2.45) is 0 Å². The molecule has 108 valence electrons. The number of carbonyl (C=O) groups is 2. The van der Waals surface area contributed by atoms with Gasteiger partial charge in [0.1, 0.15) is 11.6 Å². The quantitative estimate of drug-likeness (QED) is 0.884. The second-order valence-electron chi connectivity index (χ2n) is 4.18. The fourth-order valence-electron chi connectivity index (χ4n) is 1.70. The molecule has 1 amide bonds. The van der Waals surface area contributed by atoms with Gasteiger partial charge in [-0.1, -0.05) is 0 Å². The topological polar surface area (TPSA) is 55.4 Å². The summed E-state index contributed by atoms with van der Waals surface area (Å²) in [4.78, 5) is 23.1. The predicted molar refractivity (Wildman–Crippen MR) is 72.1 cm³/mol. The minimum atomic E-state index is -0.832. The van der Waals surface area contributed by atoms with Crippen LogP contribution in [0.1, 0.15) is 20.7 Å². The van der Waals surface area contributed by atoms with Gasteiger partial charge in [-0.15, -0.1) is 0 Å². The summed E-state index contributed by atoms with van der Waals surface area (Å²) in [5.74, 6) is -2.82. The highest BCUT2D eigenvalue weighted by molar-refractivity contribution is 6.04. The number of anilines is 1. The van der Waals surface area contributed by atoms with Crippen LogP contribution >= 0.6 is 0 Å². The lowest BCUT2D eigenvalue weighted by atomic mass is 10.1. The van der Waals surface area contributed by atoms with Gasteiger partial charge in [-0.2, -0.15) is 0 Å². The molecule has 0 aromatic heterocycles. The van der Waals surface area contributed by atoms with Crippen molar-refractivity contribution in [2.45, 2.75) is 0 Å². The van der Waals surface area contributed by atoms with Crippen molar-refractivity contribution < 1.29 is 23.1 Å². The minimum Gasteiger partial charge on any atom is -0.465 e. The summed E-state index contributed by atoms with van der Waals surface area (Å²) in [7, 11) is 1.26. The molecular formula is C15H11F2NO3. The van der Waals surface area contributed by atoms with Crippen molar-refractivity contribution >= 4 is 17.6 Å². The molecule has 0 heterocycles. The van der Waals surface area contributed by atoms with Crippen molar-refractivity contribution in [1.82, 2.24) is 0 Å². The van der Waals surface area contributed by atoms with Crippen LogP contribution in [0.15, 0.2) is 42.5 Å². The molecule has 0 saturated heterocycles. The SMILES string of the molecule is COC(=O)c1ccc(NC(=O)c2cc(F)cc(F)c2)cc1. The van der Waals surface area contributed by atoms with E-state index in [0.29, 0.717) is 17.3 Å². The molecule has 0 bridgehead atoms. The van der Waals surface area contributed by atoms with Gasteiger partial charge in [0, 0.05) is 17.3 Å². The molecule has 2 aromatic rings. The zero-order valence-corrected chi connectivity index (χ0v) is 11.0. The first-order chi connectivity index (χ1) is 9.99. The minimum absolute atomic E-state index is 0.135. The molecule has 6 heteroatoms. The van der Waals surface area contributed by atoms with Gasteiger partial charge in [-0.05, 0) is 36.4 Å². The number of carbonyl (C=O) groups excluding carboxylic acids is 2. The Morgan fingerprint density at radius 2 is 1.52 bits per heavy atom. The number of halogens is 2. The number of methoxy groups -OCH3 is 1. The van der Waals surface area contributed by atoms with E-state index in [9.17, 15) is 18.4 Å². The smallest absolute Gasteiger partial charge is 0.337 e. The Balaban J connectivity index is 2.14. The van der Waals surface area contributed by atoms with E-state index in [0.717, 1.165) is 12.1 Å². The first-order valence-electron chi connectivity index (χ1n) is 5.95. The summed E-state index contributed by atoms with van der Waals surface area (Å²) in [5, 5.41) is 2.47. The molecule has 0 aliphatic carbocycles. The van der Waals surface area contributed by atoms with Crippen LogP contribution in [0, 0.1) is 11.6 Å². The fraction of sp³-hybridized carbons (Fsp3) is 0.0667. The third kappa shape index (κ3) is 3.62. The van der Waals surface area contributed by atoms with Crippen molar-refractivity contribution in [3.05, 3.63) is 65.2 Å². The Bertz CT molecular complexity index is 664. The average Bonchev–Trinajstić information content (AvgIpc) is 2.46. The zero-order valence-electron chi connectivity index (χ0n) is 11.0. The van der Waals surface area contributed by atoms with Gasteiger partial charge in [0.25, 0.3) is 5.91 Å². The lowest BCUT2D eigenvalue weighted by Crippen LogP contribution is -2.12. The summed E-state index contributed by atoms with van der Waals surface area (Å²) in [6.07, 6.45) is 0. The Morgan fingerprint density at radius 3 is 2.05 bits per heavy atom. The predicted octanol–water partition coefficient (Wildman–Crippen LogP) is 3.00. The van der Waals surface area contributed by atoms with Gasteiger partial charge in [-0.3, -0.25) is 4.79 Å². The monoisotopic (exact) mass is 291 g/mol. The Labute approximate surface area is 119 Å². The largest absolute Gasteiger partial charge is 0.465 e. The molecule has 0 aliphatic heterocycles. The Hall–Kier alpha value is -2.76. The molecule has 0 unspecified atom stereocenters. The Morgan fingerprint density at radius 1 is 0.952 bits per heavy atom. The summed E-state index contributed by atoms with van der Waals surface area (Å²) in [6, 6.07) is 8.45. The summed E-state index contributed by atoms with van der Waals surface area (Å²) < 4.78 is 30.6. The van der Waals surface area contributed by atoms with Crippen LogP contribution in [0.2, 0.25) is 0 Å². The summed E-state index contributed by atoms with van der Waals surface area (Å²) in [6.45, 7) is 0. The van der Waals surface area contributed by atoms with E-state index < -0.39 is 23.5 Å². The average molecular weight is 291 g/mol. The molecule has 0 atom stereocenters. The van der Waals surface area contributed by atoms with Crippen LogP contribution in [0.5, 0.6) is 0 Å². The van der Waals surface area contributed by atoms with Gasteiger partial charge in [0.15, 0.2) is 0 Å². The van der Waals surface area contributed by atoms with Gasteiger partial charge in [0.05, 0.1) is 12.7 Å². The van der Waals surface area contributed by atoms with E-state index in [1.807, 2.05) is 0 Å². The van der Waals surface area contributed by atoms with Crippen molar-refractivity contribution in [3.63, 3.8) is 0 Å². The number of amides is 1. The van der Waals surface area contributed by atoms with Gasteiger partial charge in [-0.25, -0.2) is 13.6 Å². The summed E-state index contributed by atoms with van der Waals surface area (Å²) in [5.41, 5.74) is 0.578. The fourth-order valence-corrected chi connectivity index (χ4v) is 1.70. The molecule has 2 aromatic carbocycles. The second kappa shape index (κ2) is 6.13. The lowest BCUT2D eigenvalue weighted by Gasteiger charge is -2.06. The molecule has 21 heavy (non-hydrogen) atoms. The zero-order chi connectivity index (χ0) is 15.4. The molecule has 0 saturated carbocycles. The molecule has 0 radical (unpaired) electrons. The number of esters is 1. The van der Waals surface area contributed by atoms with Crippen LogP contribution < -0.4 is 5.32 Å². The highest BCUT2D eigenvalue weighted by Crippen LogP contribution is 2.14. The standard InChI is InChI=1S/C15H11F2NO3/c1-21-15(20)9-2-4-13(5-3-9)18-14(19)10-6-11(16)8-12(17)7-10/h2-8H,1H3,(H,18,19). The van der Waals surface area contributed by atoms with Gasteiger partial charge < -0.3 is 10.1 Å². The van der Waals surface area contributed by atoms with Gasteiger partial charge >= 0.3 is 5.97 Å². The van der Waals surface area contributed by atoms with Crippen LogP contribution in [0.25, 0.3) is 0 Å². The van der Waals surface area contributed by atoms with Crippen molar-refractivity contribution in [2.75, 3.05) is 12.4 Å². The van der Waals surface area contributed by atoms with Crippen LogP contribution in [-0.4, -0.2) is 19.0 Å². The maximum Gasteiger partial charge on any atom is 0.337 e.